The lowest BCUT2D eigenvalue weighted by molar-refractivity contribution is -0.132. The third-order valence-electron chi connectivity index (χ3n) is 5.74. The van der Waals surface area contributed by atoms with Crippen molar-refractivity contribution in [3.05, 3.63) is 41.4 Å². The SMILES string of the molecule is CCCN1C(=O)c2c(C(=O)NCc3ccc(C)o3)ncn2C[C@]1(C)C(=O)NCCC(C)C. The van der Waals surface area contributed by atoms with E-state index in [2.05, 4.69) is 29.5 Å². The molecule has 9 nitrogen and oxygen atoms in total. The Morgan fingerprint density at radius 3 is 2.66 bits per heavy atom. The third kappa shape index (κ3) is 4.71. The summed E-state index contributed by atoms with van der Waals surface area (Å²) in [6.45, 7) is 11.1. The van der Waals surface area contributed by atoms with Crippen molar-refractivity contribution in [2.24, 2.45) is 5.92 Å². The summed E-state index contributed by atoms with van der Waals surface area (Å²) in [5, 5.41) is 5.73. The van der Waals surface area contributed by atoms with Crippen molar-refractivity contribution >= 4 is 17.7 Å². The second kappa shape index (κ2) is 9.58. The van der Waals surface area contributed by atoms with Gasteiger partial charge in [-0.25, -0.2) is 4.98 Å². The predicted octanol–water partition coefficient (Wildman–Crippen LogP) is 2.50. The van der Waals surface area contributed by atoms with Crippen LogP contribution in [0.4, 0.5) is 0 Å². The number of hydrogen-bond acceptors (Lipinski definition) is 5. The standard InChI is InChI=1S/C23H33N5O4/c1-6-11-28-21(30)19-18(20(29)25-12-17-8-7-16(4)32-17)26-14-27(19)13-23(28,5)22(31)24-10-9-15(2)3/h7-8,14-15H,6,9-13H2,1-5H3,(H,24,31)(H,25,29)/t23-/m1/s1. The van der Waals surface area contributed by atoms with E-state index in [-0.39, 0.29) is 36.3 Å². The molecule has 3 heterocycles. The smallest absolute Gasteiger partial charge is 0.273 e. The summed E-state index contributed by atoms with van der Waals surface area (Å²) >= 11 is 0. The number of aromatic nitrogens is 2. The van der Waals surface area contributed by atoms with Crippen LogP contribution < -0.4 is 10.6 Å². The van der Waals surface area contributed by atoms with Crippen molar-refractivity contribution in [3.8, 4) is 0 Å². The number of carbonyl (C=O) groups excluding carboxylic acids is 3. The highest BCUT2D eigenvalue weighted by Gasteiger charge is 2.48. The van der Waals surface area contributed by atoms with Gasteiger partial charge in [0.2, 0.25) is 5.91 Å². The zero-order valence-electron chi connectivity index (χ0n) is 19.5. The topological polar surface area (TPSA) is 109 Å². The van der Waals surface area contributed by atoms with Gasteiger partial charge in [0, 0.05) is 13.1 Å². The molecule has 2 aromatic heterocycles. The Hall–Kier alpha value is -3.10. The summed E-state index contributed by atoms with van der Waals surface area (Å²) in [5.74, 6) is 0.824. The monoisotopic (exact) mass is 443 g/mol. The van der Waals surface area contributed by atoms with Gasteiger partial charge in [-0.05, 0) is 44.7 Å². The van der Waals surface area contributed by atoms with Crippen LogP contribution in [-0.4, -0.2) is 50.8 Å². The van der Waals surface area contributed by atoms with E-state index in [1.165, 1.54) is 6.33 Å². The quantitative estimate of drug-likeness (QED) is 0.619. The summed E-state index contributed by atoms with van der Waals surface area (Å²) < 4.78 is 7.09. The molecule has 0 aliphatic carbocycles. The number of aryl methyl sites for hydroxylation is 1. The van der Waals surface area contributed by atoms with E-state index >= 15 is 0 Å². The first-order chi connectivity index (χ1) is 15.2. The Labute approximate surface area is 188 Å². The molecule has 32 heavy (non-hydrogen) atoms. The maximum atomic E-state index is 13.5. The van der Waals surface area contributed by atoms with Crippen LogP contribution in [0.15, 0.2) is 22.9 Å². The molecule has 3 amide bonds. The molecule has 174 valence electrons. The maximum Gasteiger partial charge on any atom is 0.273 e. The van der Waals surface area contributed by atoms with Crippen LogP contribution in [0.5, 0.6) is 0 Å². The van der Waals surface area contributed by atoms with Crippen LogP contribution in [0.2, 0.25) is 0 Å². The minimum absolute atomic E-state index is 0.0571. The number of hydrogen-bond donors (Lipinski definition) is 2. The van der Waals surface area contributed by atoms with Gasteiger partial charge >= 0.3 is 0 Å². The normalized spacial score (nSPS) is 18.1. The maximum absolute atomic E-state index is 13.5. The molecule has 0 fully saturated rings. The zero-order valence-corrected chi connectivity index (χ0v) is 19.5. The van der Waals surface area contributed by atoms with Crippen LogP contribution in [0.1, 0.15) is 73.0 Å². The van der Waals surface area contributed by atoms with E-state index < -0.39 is 11.4 Å². The van der Waals surface area contributed by atoms with E-state index in [0.29, 0.717) is 31.2 Å². The highest BCUT2D eigenvalue weighted by molar-refractivity contribution is 6.07. The van der Waals surface area contributed by atoms with Gasteiger partial charge in [0.05, 0.1) is 19.4 Å². The molecule has 0 spiro atoms. The Kier molecular flexibility index (Phi) is 7.06. The molecular formula is C23H33N5O4. The second-order valence-corrected chi connectivity index (χ2v) is 8.93. The highest BCUT2D eigenvalue weighted by Crippen LogP contribution is 2.29. The summed E-state index contributed by atoms with van der Waals surface area (Å²) in [7, 11) is 0. The fourth-order valence-electron chi connectivity index (χ4n) is 3.92. The largest absolute Gasteiger partial charge is 0.465 e. The van der Waals surface area contributed by atoms with Crippen molar-refractivity contribution in [1.29, 1.82) is 0 Å². The molecular weight excluding hydrogens is 410 g/mol. The van der Waals surface area contributed by atoms with Gasteiger partial charge in [-0.1, -0.05) is 20.8 Å². The summed E-state index contributed by atoms with van der Waals surface area (Å²) in [6.07, 6.45) is 3.01. The molecule has 0 radical (unpaired) electrons. The van der Waals surface area contributed by atoms with E-state index in [9.17, 15) is 14.4 Å². The first kappa shape index (κ1) is 23.6. The van der Waals surface area contributed by atoms with Crippen LogP contribution in [0, 0.1) is 12.8 Å². The molecule has 0 bridgehead atoms. The van der Waals surface area contributed by atoms with Gasteiger partial charge < -0.3 is 24.5 Å². The highest BCUT2D eigenvalue weighted by atomic mass is 16.3. The Morgan fingerprint density at radius 2 is 2.03 bits per heavy atom. The van der Waals surface area contributed by atoms with Gasteiger partial charge in [0.25, 0.3) is 11.8 Å². The molecule has 0 aromatic carbocycles. The molecule has 1 atom stereocenters. The zero-order chi connectivity index (χ0) is 23.5. The molecule has 1 aliphatic heterocycles. The minimum atomic E-state index is -1.06. The van der Waals surface area contributed by atoms with E-state index in [1.54, 1.807) is 22.5 Å². The van der Waals surface area contributed by atoms with Crippen LogP contribution in [0.25, 0.3) is 0 Å². The first-order valence-corrected chi connectivity index (χ1v) is 11.2. The fraction of sp³-hybridized carbons (Fsp3) is 0.565. The van der Waals surface area contributed by atoms with E-state index in [1.807, 2.05) is 19.9 Å². The molecule has 9 heteroatoms. The summed E-state index contributed by atoms with van der Waals surface area (Å²) in [4.78, 5) is 45.1. The average Bonchev–Trinajstić information content (AvgIpc) is 3.35. The Morgan fingerprint density at radius 1 is 1.28 bits per heavy atom. The molecule has 0 saturated heterocycles. The second-order valence-electron chi connectivity index (χ2n) is 8.93. The molecule has 0 saturated carbocycles. The lowest BCUT2D eigenvalue weighted by Crippen LogP contribution is -2.64. The number of carbonyl (C=O) groups is 3. The van der Waals surface area contributed by atoms with Crippen molar-refractivity contribution in [1.82, 2.24) is 25.1 Å². The minimum Gasteiger partial charge on any atom is -0.465 e. The van der Waals surface area contributed by atoms with Crippen LogP contribution in [0.3, 0.4) is 0 Å². The number of fused-ring (bicyclic) bond motifs is 1. The number of imidazole rings is 1. The van der Waals surface area contributed by atoms with Crippen LogP contribution in [-0.2, 0) is 17.9 Å². The Balaban J connectivity index is 1.82. The first-order valence-electron chi connectivity index (χ1n) is 11.2. The van der Waals surface area contributed by atoms with Crippen molar-refractivity contribution in [2.45, 2.75) is 66.1 Å². The van der Waals surface area contributed by atoms with Crippen molar-refractivity contribution < 1.29 is 18.8 Å². The molecule has 2 N–H and O–H groups in total. The molecule has 2 aromatic rings. The molecule has 3 rings (SSSR count). The summed E-state index contributed by atoms with van der Waals surface area (Å²) in [6, 6.07) is 3.61. The Bertz CT molecular complexity index is 992. The van der Waals surface area contributed by atoms with Gasteiger partial charge in [-0.3, -0.25) is 14.4 Å². The number of amides is 3. The van der Waals surface area contributed by atoms with Gasteiger partial charge in [0.15, 0.2) is 5.69 Å². The average molecular weight is 444 g/mol. The van der Waals surface area contributed by atoms with Gasteiger partial charge in [-0.2, -0.15) is 0 Å². The molecule has 1 aliphatic rings. The fourth-order valence-corrected chi connectivity index (χ4v) is 3.92. The van der Waals surface area contributed by atoms with Crippen LogP contribution >= 0.6 is 0 Å². The van der Waals surface area contributed by atoms with Crippen molar-refractivity contribution in [3.63, 3.8) is 0 Å². The van der Waals surface area contributed by atoms with Crippen molar-refractivity contribution in [2.75, 3.05) is 13.1 Å². The summed E-state index contributed by atoms with van der Waals surface area (Å²) in [5.41, 5.74) is -0.794. The lowest BCUT2D eigenvalue weighted by atomic mass is 9.93. The van der Waals surface area contributed by atoms with Gasteiger partial charge in [-0.15, -0.1) is 0 Å². The predicted molar refractivity (Wildman–Crippen MR) is 119 cm³/mol. The number of furan rings is 1. The van der Waals surface area contributed by atoms with E-state index in [0.717, 1.165) is 12.2 Å². The third-order valence-corrected chi connectivity index (χ3v) is 5.74. The number of nitrogens with one attached hydrogen (secondary N) is 2. The lowest BCUT2D eigenvalue weighted by Gasteiger charge is -2.43. The number of nitrogens with zero attached hydrogens (tertiary/aromatic N) is 3. The number of rotatable bonds is 9. The van der Waals surface area contributed by atoms with Gasteiger partial charge in [0.1, 0.15) is 22.8 Å². The van der Waals surface area contributed by atoms with E-state index in [4.69, 9.17) is 4.42 Å². The molecule has 0 unspecified atom stereocenters.